The summed E-state index contributed by atoms with van der Waals surface area (Å²) >= 11 is 0. The Morgan fingerprint density at radius 2 is 1.96 bits per heavy atom. The number of aryl methyl sites for hydroxylation is 1. The highest BCUT2D eigenvalue weighted by atomic mass is 17.3. The molecule has 4 saturated heterocycles. The molecule has 5 aliphatic rings. The molecular formula is C21H26O5. The molecule has 1 aromatic rings. The largest absolute Gasteiger partial charge is 0.432 e. The topological polar surface area (TPSA) is 54.0 Å². The predicted molar refractivity (Wildman–Crippen MR) is 92.6 cm³/mol. The van der Waals surface area contributed by atoms with Gasteiger partial charge in [-0.05, 0) is 37.2 Å². The van der Waals surface area contributed by atoms with Gasteiger partial charge in [0, 0.05) is 24.7 Å². The average molecular weight is 358 g/mol. The van der Waals surface area contributed by atoms with Gasteiger partial charge in [0.25, 0.3) is 0 Å². The molecule has 1 aliphatic carbocycles. The van der Waals surface area contributed by atoms with E-state index in [-0.39, 0.29) is 11.9 Å². The van der Waals surface area contributed by atoms with E-state index in [0.29, 0.717) is 24.7 Å². The van der Waals surface area contributed by atoms with E-state index in [9.17, 15) is 4.79 Å². The highest BCUT2D eigenvalue weighted by Crippen LogP contribution is 2.59. The number of hydrogen-bond donors (Lipinski definition) is 0. The lowest BCUT2D eigenvalue weighted by Gasteiger charge is -2.56. The van der Waals surface area contributed by atoms with Gasteiger partial charge in [0.1, 0.15) is 0 Å². The molecule has 140 valence electrons. The molecule has 0 unspecified atom stereocenters. The lowest BCUT2D eigenvalue weighted by atomic mass is 9.60. The van der Waals surface area contributed by atoms with Gasteiger partial charge in [-0.1, -0.05) is 37.3 Å². The van der Waals surface area contributed by atoms with Crippen LogP contribution < -0.4 is 0 Å². The lowest BCUT2D eigenvalue weighted by molar-refractivity contribution is -0.561. The Morgan fingerprint density at radius 3 is 2.81 bits per heavy atom. The average Bonchev–Trinajstić information content (AvgIpc) is 2.90. The molecule has 5 fully saturated rings. The van der Waals surface area contributed by atoms with Crippen LogP contribution in [-0.2, 0) is 30.5 Å². The Balaban J connectivity index is 1.44. The quantitative estimate of drug-likeness (QED) is 0.608. The fourth-order valence-electron chi connectivity index (χ4n) is 5.57. The Kier molecular flexibility index (Phi) is 3.89. The van der Waals surface area contributed by atoms with Crippen molar-refractivity contribution in [2.75, 3.05) is 0 Å². The lowest BCUT2D eigenvalue weighted by Crippen LogP contribution is -2.68. The second-order valence-corrected chi connectivity index (χ2v) is 8.46. The van der Waals surface area contributed by atoms with Crippen LogP contribution in [0.5, 0.6) is 0 Å². The zero-order valence-corrected chi connectivity index (χ0v) is 15.2. The molecule has 0 radical (unpaired) electrons. The molecule has 4 heterocycles. The number of carbonyl (C=O) groups is 1. The molecule has 1 saturated carbocycles. The molecule has 5 nitrogen and oxygen atoms in total. The molecule has 2 bridgehead atoms. The molecule has 1 spiro atoms. The van der Waals surface area contributed by atoms with E-state index in [2.05, 4.69) is 19.1 Å². The molecule has 4 aliphatic heterocycles. The van der Waals surface area contributed by atoms with Crippen LogP contribution in [0.1, 0.15) is 51.0 Å². The second-order valence-electron chi connectivity index (χ2n) is 8.46. The predicted octanol–water partition coefficient (Wildman–Crippen LogP) is 3.76. The molecule has 26 heavy (non-hydrogen) atoms. The summed E-state index contributed by atoms with van der Waals surface area (Å²) in [6.45, 7) is 2.28. The number of hydrogen-bond acceptors (Lipinski definition) is 5. The number of fused-ring (bicyclic) bond motifs is 2. The third kappa shape index (κ3) is 2.44. The molecule has 6 atom stereocenters. The molecule has 5 heteroatoms. The summed E-state index contributed by atoms with van der Waals surface area (Å²) in [6, 6.07) is 10.3. The third-order valence-corrected chi connectivity index (χ3v) is 7.03. The summed E-state index contributed by atoms with van der Waals surface area (Å²) in [5, 5.41) is 0. The van der Waals surface area contributed by atoms with Crippen LogP contribution in [0.15, 0.2) is 30.3 Å². The van der Waals surface area contributed by atoms with Crippen molar-refractivity contribution in [2.45, 2.75) is 69.5 Å². The minimum atomic E-state index is -0.828. The van der Waals surface area contributed by atoms with Crippen molar-refractivity contribution in [3.05, 3.63) is 35.9 Å². The molecular weight excluding hydrogens is 332 g/mol. The van der Waals surface area contributed by atoms with Crippen LogP contribution in [0.2, 0.25) is 0 Å². The van der Waals surface area contributed by atoms with Crippen molar-refractivity contribution in [1.82, 2.24) is 0 Å². The van der Waals surface area contributed by atoms with E-state index < -0.39 is 17.7 Å². The molecule has 1 aromatic carbocycles. The normalized spacial score (nSPS) is 44.1. The Bertz CT molecular complexity index is 687. The van der Waals surface area contributed by atoms with Crippen molar-refractivity contribution in [2.24, 2.45) is 17.8 Å². The summed E-state index contributed by atoms with van der Waals surface area (Å²) in [5.41, 5.74) is 0.612. The van der Waals surface area contributed by atoms with Gasteiger partial charge in [0.2, 0.25) is 12.1 Å². The van der Waals surface area contributed by atoms with E-state index in [1.807, 2.05) is 18.2 Å². The minimum absolute atomic E-state index is 0.125. The summed E-state index contributed by atoms with van der Waals surface area (Å²) in [5.74, 6) is -0.0555. The van der Waals surface area contributed by atoms with Gasteiger partial charge in [-0.2, -0.15) is 0 Å². The number of rotatable bonds is 3. The zero-order chi connectivity index (χ0) is 17.8. The molecule has 6 rings (SSSR count). The third-order valence-electron chi connectivity index (χ3n) is 7.03. The van der Waals surface area contributed by atoms with Crippen molar-refractivity contribution in [1.29, 1.82) is 0 Å². The van der Waals surface area contributed by atoms with Crippen LogP contribution in [0.3, 0.4) is 0 Å². The van der Waals surface area contributed by atoms with Crippen LogP contribution in [0.25, 0.3) is 0 Å². The summed E-state index contributed by atoms with van der Waals surface area (Å²) in [6.07, 6.45) is 5.13. The number of carbonyl (C=O) groups excluding carboxylic acids is 1. The Morgan fingerprint density at radius 1 is 1.12 bits per heavy atom. The van der Waals surface area contributed by atoms with Crippen LogP contribution in [0, 0.1) is 17.8 Å². The number of ether oxygens (including phenoxy) is 2. The molecule has 0 N–H and O–H groups in total. The second kappa shape index (κ2) is 6.04. The number of esters is 1. The minimum Gasteiger partial charge on any atom is -0.432 e. The molecule has 0 aromatic heterocycles. The van der Waals surface area contributed by atoms with Gasteiger partial charge in [0.15, 0.2) is 5.60 Å². The van der Waals surface area contributed by atoms with Crippen molar-refractivity contribution < 1.29 is 24.0 Å². The van der Waals surface area contributed by atoms with Crippen molar-refractivity contribution >= 4 is 5.97 Å². The Hall–Kier alpha value is -1.43. The van der Waals surface area contributed by atoms with E-state index in [1.165, 1.54) is 5.56 Å². The van der Waals surface area contributed by atoms with Crippen molar-refractivity contribution in [3.63, 3.8) is 0 Å². The van der Waals surface area contributed by atoms with E-state index >= 15 is 0 Å². The summed E-state index contributed by atoms with van der Waals surface area (Å²) in [4.78, 5) is 24.3. The monoisotopic (exact) mass is 358 g/mol. The molecule has 0 amide bonds. The van der Waals surface area contributed by atoms with Gasteiger partial charge < -0.3 is 9.47 Å². The summed E-state index contributed by atoms with van der Waals surface area (Å²) in [7, 11) is 0. The smallest absolute Gasteiger partial charge is 0.308 e. The van der Waals surface area contributed by atoms with Gasteiger partial charge in [-0.15, -0.1) is 0 Å². The van der Waals surface area contributed by atoms with Gasteiger partial charge >= 0.3 is 5.97 Å². The fraction of sp³-hybridized carbons (Fsp3) is 0.667. The van der Waals surface area contributed by atoms with Crippen LogP contribution >= 0.6 is 0 Å². The van der Waals surface area contributed by atoms with Gasteiger partial charge in [-0.3, -0.25) is 4.79 Å². The maximum absolute atomic E-state index is 12.2. The van der Waals surface area contributed by atoms with Gasteiger partial charge in [-0.25, -0.2) is 9.78 Å². The first-order chi connectivity index (χ1) is 12.6. The number of benzene rings is 1. The zero-order valence-electron chi connectivity index (χ0n) is 15.2. The van der Waals surface area contributed by atoms with Gasteiger partial charge in [0.05, 0.1) is 6.42 Å². The first kappa shape index (κ1) is 16.7. The SMILES string of the molecule is C[C@@H]1CC[C@H]2CC(=O)O[C@@H]3O[C@@]4(CCc5ccccc5)CC[C@@H]1[C@]23OO4. The van der Waals surface area contributed by atoms with Crippen LogP contribution in [-0.4, -0.2) is 23.6 Å². The van der Waals surface area contributed by atoms with E-state index in [0.717, 1.165) is 32.1 Å². The maximum Gasteiger partial charge on any atom is 0.308 e. The first-order valence-corrected chi connectivity index (χ1v) is 9.89. The highest BCUT2D eigenvalue weighted by molar-refractivity contribution is 5.71. The first-order valence-electron chi connectivity index (χ1n) is 9.89. The highest BCUT2D eigenvalue weighted by Gasteiger charge is 2.69. The summed E-state index contributed by atoms with van der Waals surface area (Å²) < 4.78 is 12.1. The standard InChI is InChI=1S/C21H26O5/c1-14-7-8-16-13-18(22)23-19-21(16)17(14)10-12-20(24-19,25-26-21)11-9-15-5-3-2-4-6-15/h2-6,14,16-17,19H,7-13H2,1H3/t14-,16+,17+,19-,20-,21-/m1/s1. The fourth-order valence-corrected chi connectivity index (χ4v) is 5.57. The van der Waals surface area contributed by atoms with E-state index in [4.69, 9.17) is 19.2 Å². The van der Waals surface area contributed by atoms with Crippen molar-refractivity contribution in [3.8, 4) is 0 Å². The van der Waals surface area contributed by atoms with E-state index in [1.54, 1.807) is 0 Å². The van der Waals surface area contributed by atoms with Crippen LogP contribution in [0.4, 0.5) is 0 Å². The Labute approximate surface area is 153 Å². The maximum atomic E-state index is 12.2.